The minimum Gasteiger partial charge on any atom is -0.310 e. The van der Waals surface area contributed by atoms with Crippen molar-refractivity contribution in [3.63, 3.8) is 0 Å². The quantitative estimate of drug-likeness (QED) is 0.616. The van der Waals surface area contributed by atoms with Gasteiger partial charge in [0, 0.05) is 42.4 Å². The smallest absolute Gasteiger partial charge is 0.250 e. The number of carbonyl (C=O) groups is 1. The van der Waals surface area contributed by atoms with Gasteiger partial charge in [0.25, 0.3) is 6.43 Å². The van der Waals surface area contributed by atoms with Gasteiger partial charge in [-0.3, -0.25) is 9.48 Å². The lowest BCUT2D eigenvalue weighted by Crippen LogP contribution is -2.38. The van der Waals surface area contributed by atoms with Crippen LogP contribution in [0.2, 0.25) is 0 Å². The van der Waals surface area contributed by atoms with Gasteiger partial charge in [0.1, 0.15) is 11.6 Å². The summed E-state index contributed by atoms with van der Waals surface area (Å²) < 4.78 is 40.9. The summed E-state index contributed by atoms with van der Waals surface area (Å²) in [4.78, 5) is 16.8. The number of amides is 1. The summed E-state index contributed by atoms with van der Waals surface area (Å²) in [7, 11) is 1.79. The van der Waals surface area contributed by atoms with Crippen LogP contribution in [0.5, 0.6) is 0 Å². The zero-order valence-corrected chi connectivity index (χ0v) is 17.1. The first-order chi connectivity index (χ1) is 14.9. The highest BCUT2D eigenvalue weighted by Gasteiger charge is 2.26. The number of benzene rings is 1. The average molecular weight is 431 g/mol. The molecule has 1 amide bonds. The molecule has 3 aromatic rings. The van der Waals surface area contributed by atoms with Crippen molar-refractivity contribution < 1.29 is 18.0 Å². The first-order valence-corrected chi connectivity index (χ1v) is 10.3. The molecule has 0 unspecified atom stereocenters. The Hall–Kier alpha value is -2.94. The number of pyridine rings is 1. The second-order valence-electron chi connectivity index (χ2n) is 7.99. The van der Waals surface area contributed by atoms with E-state index in [9.17, 15) is 18.0 Å². The number of nitrogens with zero attached hydrogens (tertiary/aromatic N) is 3. The van der Waals surface area contributed by atoms with Crippen LogP contribution >= 0.6 is 0 Å². The van der Waals surface area contributed by atoms with E-state index in [-0.39, 0.29) is 24.4 Å². The van der Waals surface area contributed by atoms with Gasteiger partial charge in [0.15, 0.2) is 0 Å². The molecule has 9 heteroatoms. The van der Waals surface area contributed by atoms with Crippen molar-refractivity contribution in [3.05, 3.63) is 42.6 Å². The fraction of sp³-hybridized carbons (Fsp3) is 0.409. The van der Waals surface area contributed by atoms with Gasteiger partial charge in [0.2, 0.25) is 5.91 Å². The van der Waals surface area contributed by atoms with E-state index in [1.807, 2.05) is 6.07 Å². The minimum atomic E-state index is -2.37. The molecule has 0 atom stereocenters. The van der Waals surface area contributed by atoms with Crippen molar-refractivity contribution in [2.24, 2.45) is 13.0 Å². The van der Waals surface area contributed by atoms with Crippen LogP contribution < -0.4 is 10.6 Å². The summed E-state index contributed by atoms with van der Waals surface area (Å²) in [6, 6.07) is 4.96. The van der Waals surface area contributed by atoms with E-state index in [1.165, 1.54) is 12.3 Å². The van der Waals surface area contributed by atoms with E-state index in [4.69, 9.17) is 0 Å². The number of carbonyl (C=O) groups excluding carboxylic acids is 1. The number of anilines is 1. The number of aromatic nitrogens is 3. The summed E-state index contributed by atoms with van der Waals surface area (Å²) in [6.45, 7) is -0.319. The van der Waals surface area contributed by atoms with Gasteiger partial charge in [-0.15, -0.1) is 0 Å². The Morgan fingerprint density at radius 2 is 1.94 bits per heavy atom. The van der Waals surface area contributed by atoms with Crippen molar-refractivity contribution in [2.45, 2.75) is 38.2 Å². The fourth-order valence-electron chi connectivity index (χ4n) is 4.06. The van der Waals surface area contributed by atoms with Crippen LogP contribution in [0.3, 0.4) is 0 Å². The molecule has 2 heterocycles. The standard InChI is InChI=1S/C22H24F3N5O/c1-30-12-16(9-28-30)14-6-15-8-21(27-10-18(15)19(23)7-14)29-22(31)13-2-4-17(5-3-13)26-11-20(24)25/h6-10,12-13,17,20,26H,2-5,11H2,1H3,(H,27,29,31). The van der Waals surface area contributed by atoms with Gasteiger partial charge < -0.3 is 10.6 Å². The molecule has 0 aliphatic heterocycles. The predicted octanol–water partition coefficient (Wildman–Crippen LogP) is 4.13. The number of fused-ring (bicyclic) bond motifs is 1. The van der Waals surface area contributed by atoms with Crippen molar-refractivity contribution in [1.82, 2.24) is 20.1 Å². The van der Waals surface area contributed by atoms with E-state index in [2.05, 4.69) is 20.7 Å². The first-order valence-electron chi connectivity index (χ1n) is 10.3. The molecule has 4 rings (SSSR count). The molecule has 1 aliphatic rings. The summed E-state index contributed by atoms with van der Waals surface area (Å²) >= 11 is 0. The Balaban J connectivity index is 1.44. The van der Waals surface area contributed by atoms with Crippen LogP contribution in [0.15, 0.2) is 36.8 Å². The maximum Gasteiger partial charge on any atom is 0.250 e. The Labute approximate surface area is 177 Å². The molecular formula is C22H24F3N5O. The van der Waals surface area contributed by atoms with Crippen LogP contribution in [0.4, 0.5) is 19.0 Å². The third kappa shape index (κ3) is 5.04. The molecule has 0 radical (unpaired) electrons. The van der Waals surface area contributed by atoms with Gasteiger partial charge in [-0.2, -0.15) is 5.10 Å². The Morgan fingerprint density at radius 3 is 2.61 bits per heavy atom. The van der Waals surface area contributed by atoms with Gasteiger partial charge in [-0.25, -0.2) is 18.2 Å². The van der Waals surface area contributed by atoms with Gasteiger partial charge in [-0.1, -0.05) is 0 Å². The lowest BCUT2D eigenvalue weighted by molar-refractivity contribution is -0.120. The molecule has 6 nitrogen and oxygen atoms in total. The normalized spacial score (nSPS) is 19.1. The summed E-state index contributed by atoms with van der Waals surface area (Å²) in [5, 5.41) is 10.8. The third-order valence-electron chi connectivity index (χ3n) is 5.73. The minimum absolute atomic E-state index is 0.0192. The molecule has 1 saturated carbocycles. The Kier molecular flexibility index (Phi) is 6.22. The summed E-state index contributed by atoms with van der Waals surface area (Å²) in [5.74, 6) is -0.377. The number of hydrogen-bond donors (Lipinski definition) is 2. The second-order valence-corrected chi connectivity index (χ2v) is 7.99. The van der Waals surface area contributed by atoms with Gasteiger partial charge in [0.05, 0.1) is 12.7 Å². The van der Waals surface area contributed by atoms with Crippen molar-refractivity contribution >= 4 is 22.5 Å². The molecule has 2 aromatic heterocycles. The Bertz CT molecular complexity index is 1080. The highest BCUT2D eigenvalue weighted by atomic mass is 19.3. The third-order valence-corrected chi connectivity index (χ3v) is 5.73. The molecule has 0 bridgehead atoms. The van der Waals surface area contributed by atoms with Crippen molar-refractivity contribution in [1.29, 1.82) is 0 Å². The van der Waals surface area contributed by atoms with E-state index in [0.29, 0.717) is 47.8 Å². The Morgan fingerprint density at radius 1 is 1.16 bits per heavy atom. The van der Waals surface area contributed by atoms with E-state index < -0.39 is 12.2 Å². The monoisotopic (exact) mass is 431 g/mol. The zero-order chi connectivity index (χ0) is 22.0. The SMILES string of the molecule is Cn1cc(-c2cc(F)c3cnc(NC(=O)C4CCC(NCC(F)F)CC4)cc3c2)cn1. The van der Waals surface area contributed by atoms with Crippen LogP contribution in [0.25, 0.3) is 21.9 Å². The second kappa shape index (κ2) is 9.05. The molecule has 1 fully saturated rings. The topological polar surface area (TPSA) is 71.8 Å². The maximum absolute atomic E-state index is 14.6. The highest BCUT2D eigenvalue weighted by molar-refractivity contribution is 5.95. The zero-order valence-electron chi connectivity index (χ0n) is 17.1. The average Bonchev–Trinajstić information content (AvgIpc) is 3.18. The fourth-order valence-corrected chi connectivity index (χ4v) is 4.06. The lowest BCUT2D eigenvalue weighted by Gasteiger charge is -2.28. The number of halogens is 3. The van der Waals surface area contributed by atoms with Gasteiger partial charge in [-0.05, 0) is 54.8 Å². The van der Waals surface area contributed by atoms with Crippen LogP contribution in [-0.4, -0.2) is 39.7 Å². The van der Waals surface area contributed by atoms with Crippen LogP contribution in [-0.2, 0) is 11.8 Å². The number of alkyl halides is 2. The molecule has 1 aliphatic carbocycles. The molecule has 1 aromatic carbocycles. The molecule has 0 saturated heterocycles. The summed E-state index contributed by atoms with van der Waals surface area (Å²) in [5.41, 5.74) is 1.49. The predicted molar refractivity (Wildman–Crippen MR) is 112 cm³/mol. The number of hydrogen-bond acceptors (Lipinski definition) is 4. The van der Waals surface area contributed by atoms with E-state index >= 15 is 0 Å². The molecule has 31 heavy (non-hydrogen) atoms. The van der Waals surface area contributed by atoms with E-state index in [1.54, 1.807) is 30.2 Å². The first kappa shape index (κ1) is 21.3. The largest absolute Gasteiger partial charge is 0.310 e. The molecule has 2 N–H and O–H groups in total. The van der Waals surface area contributed by atoms with E-state index in [0.717, 1.165) is 5.56 Å². The van der Waals surface area contributed by atoms with Crippen LogP contribution in [0, 0.1) is 11.7 Å². The number of nitrogens with one attached hydrogen (secondary N) is 2. The number of rotatable bonds is 6. The van der Waals surface area contributed by atoms with Gasteiger partial charge >= 0.3 is 0 Å². The van der Waals surface area contributed by atoms with Crippen molar-refractivity contribution in [3.8, 4) is 11.1 Å². The molecule has 0 spiro atoms. The van der Waals surface area contributed by atoms with Crippen LogP contribution in [0.1, 0.15) is 25.7 Å². The highest BCUT2D eigenvalue weighted by Crippen LogP contribution is 2.29. The molecule has 164 valence electrons. The summed E-state index contributed by atoms with van der Waals surface area (Å²) in [6.07, 6.45) is 5.11. The van der Waals surface area contributed by atoms with Crippen molar-refractivity contribution in [2.75, 3.05) is 11.9 Å². The number of aryl methyl sites for hydroxylation is 1. The molecular weight excluding hydrogens is 407 g/mol. The maximum atomic E-state index is 14.6. The lowest BCUT2D eigenvalue weighted by atomic mass is 9.85.